The van der Waals surface area contributed by atoms with E-state index in [4.69, 9.17) is 4.74 Å². The monoisotopic (exact) mass is 278 g/mol. The maximum absolute atomic E-state index is 9.37. The van der Waals surface area contributed by atoms with Gasteiger partial charge in [0.15, 0.2) is 0 Å². The van der Waals surface area contributed by atoms with Gasteiger partial charge in [-0.1, -0.05) is 18.2 Å². The summed E-state index contributed by atoms with van der Waals surface area (Å²) in [5.41, 5.74) is 2.62. The zero-order valence-electron chi connectivity index (χ0n) is 12.3. The molecule has 1 unspecified atom stereocenters. The molecule has 4 heteroatoms. The fourth-order valence-electron chi connectivity index (χ4n) is 2.80. The molecule has 0 aliphatic carbocycles. The van der Waals surface area contributed by atoms with E-state index in [0.29, 0.717) is 12.5 Å². The summed E-state index contributed by atoms with van der Waals surface area (Å²) in [4.78, 5) is 2.41. The highest BCUT2D eigenvalue weighted by Crippen LogP contribution is 2.26. The zero-order valence-corrected chi connectivity index (χ0v) is 12.3. The van der Waals surface area contributed by atoms with Gasteiger partial charge in [-0.2, -0.15) is 0 Å². The Morgan fingerprint density at radius 3 is 3.05 bits per heavy atom. The predicted octanol–water partition coefficient (Wildman–Crippen LogP) is 1.63. The second-order valence-electron chi connectivity index (χ2n) is 5.44. The first kappa shape index (κ1) is 15.3. The van der Waals surface area contributed by atoms with Crippen LogP contribution in [0, 0.1) is 5.92 Å². The number of anilines is 1. The minimum absolute atomic E-state index is 0.296. The minimum Gasteiger partial charge on any atom is -0.396 e. The lowest BCUT2D eigenvalue weighted by atomic mass is 9.97. The molecule has 1 fully saturated rings. The summed E-state index contributed by atoms with van der Waals surface area (Å²) in [7, 11) is 1.72. The van der Waals surface area contributed by atoms with Gasteiger partial charge >= 0.3 is 0 Å². The highest BCUT2D eigenvalue weighted by atomic mass is 16.5. The van der Waals surface area contributed by atoms with Crippen molar-refractivity contribution in [3.8, 4) is 0 Å². The van der Waals surface area contributed by atoms with Gasteiger partial charge in [0.2, 0.25) is 0 Å². The Hall–Kier alpha value is -1.10. The molecule has 0 saturated carbocycles. The summed E-state index contributed by atoms with van der Waals surface area (Å²) in [5.74, 6) is 0.415. The Bertz CT molecular complexity index is 398. The maximum atomic E-state index is 9.37. The molecule has 1 saturated heterocycles. The second kappa shape index (κ2) is 8.25. The highest BCUT2D eigenvalue weighted by molar-refractivity contribution is 5.54. The third kappa shape index (κ3) is 4.20. The molecule has 1 atom stereocenters. The fraction of sp³-hybridized carbons (Fsp3) is 0.625. The lowest BCUT2D eigenvalue weighted by molar-refractivity contribution is 0.199. The number of nitrogens with one attached hydrogen (secondary N) is 1. The molecular formula is C16H26N2O2. The van der Waals surface area contributed by atoms with Gasteiger partial charge in [-0.3, -0.25) is 0 Å². The third-order valence-electron chi connectivity index (χ3n) is 3.91. The number of aliphatic hydroxyl groups is 1. The molecule has 0 radical (unpaired) electrons. The van der Waals surface area contributed by atoms with Crippen LogP contribution in [-0.4, -0.2) is 45.1 Å². The molecule has 1 heterocycles. The number of rotatable bonds is 7. The second-order valence-corrected chi connectivity index (χ2v) is 5.44. The Balaban J connectivity index is 1.99. The van der Waals surface area contributed by atoms with E-state index in [1.165, 1.54) is 11.3 Å². The molecule has 1 aliphatic heterocycles. The summed E-state index contributed by atoms with van der Waals surface area (Å²) in [5, 5.41) is 12.8. The number of hydrogen-bond acceptors (Lipinski definition) is 4. The molecule has 1 aliphatic rings. The van der Waals surface area contributed by atoms with Crippen molar-refractivity contribution in [3.05, 3.63) is 29.8 Å². The van der Waals surface area contributed by atoms with Crippen LogP contribution in [0.5, 0.6) is 0 Å². The molecule has 0 bridgehead atoms. The molecule has 4 nitrogen and oxygen atoms in total. The van der Waals surface area contributed by atoms with E-state index >= 15 is 0 Å². The van der Waals surface area contributed by atoms with Crippen LogP contribution >= 0.6 is 0 Å². The zero-order chi connectivity index (χ0) is 14.2. The predicted molar refractivity (Wildman–Crippen MR) is 82.0 cm³/mol. The van der Waals surface area contributed by atoms with Crippen LogP contribution in [0.3, 0.4) is 0 Å². The van der Waals surface area contributed by atoms with Crippen molar-refractivity contribution < 1.29 is 9.84 Å². The SMILES string of the molecule is COCCNCc1ccccc1N1CCCC(CO)C1. The van der Waals surface area contributed by atoms with E-state index in [9.17, 15) is 5.11 Å². The van der Waals surface area contributed by atoms with E-state index in [2.05, 4.69) is 34.5 Å². The van der Waals surface area contributed by atoms with Crippen LogP contribution < -0.4 is 10.2 Å². The number of methoxy groups -OCH3 is 1. The average molecular weight is 278 g/mol. The molecule has 1 aromatic carbocycles. The Morgan fingerprint density at radius 2 is 2.25 bits per heavy atom. The van der Waals surface area contributed by atoms with E-state index in [1.807, 2.05) is 0 Å². The van der Waals surface area contributed by atoms with Crippen LogP contribution in [-0.2, 0) is 11.3 Å². The normalized spacial score (nSPS) is 19.3. The summed E-state index contributed by atoms with van der Waals surface area (Å²) in [6.07, 6.45) is 2.30. The lowest BCUT2D eigenvalue weighted by Gasteiger charge is -2.35. The lowest BCUT2D eigenvalue weighted by Crippen LogP contribution is -2.37. The van der Waals surface area contributed by atoms with Gasteiger partial charge < -0.3 is 20.1 Å². The van der Waals surface area contributed by atoms with Gasteiger partial charge in [0.1, 0.15) is 0 Å². The number of benzene rings is 1. The van der Waals surface area contributed by atoms with Crippen LogP contribution in [0.25, 0.3) is 0 Å². The Kier molecular flexibility index (Phi) is 6.30. The van der Waals surface area contributed by atoms with Gasteiger partial charge in [-0.05, 0) is 30.4 Å². The number of para-hydroxylation sites is 1. The summed E-state index contributed by atoms with van der Waals surface area (Å²) >= 11 is 0. The largest absolute Gasteiger partial charge is 0.396 e. The van der Waals surface area contributed by atoms with Crippen LogP contribution in [0.4, 0.5) is 5.69 Å². The first-order chi connectivity index (χ1) is 9.85. The van der Waals surface area contributed by atoms with Gasteiger partial charge in [-0.15, -0.1) is 0 Å². The van der Waals surface area contributed by atoms with Gasteiger partial charge in [0.25, 0.3) is 0 Å². The van der Waals surface area contributed by atoms with Crippen molar-refractivity contribution in [1.29, 1.82) is 0 Å². The number of ether oxygens (including phenoxy) is 1. The van der Waals surface area contributed by atoms with E-state index in [-0.39, 0.29) is 0 Å². The molecule has 0 aromatic heterocycles. The molecule has 0 spiro atoms. The molecule has 2 rings (SSSR count). The molecule has 2 N–H and O–H groups in total. The van der Waals surface area contributed by atoms with Crippen molar-refractivity contribution >= 4 is 5.69 Å². The quantitative estimate of drug-likeness (QED) is 0.744. The fourth-order valence-corrected chi connectivity index (χ4v) is 2.80. The van der Waals surface area contributed by atoms with E-state index < -0.39 is 0 Å². The first-order valence-corrected chi connectivity index (χ1v) is 7.48. The van der Waals surface area contributed by atoms with Crippen molar-refractivity contribution in [2.75, 3.05) is 44.9 Å². The molecule has 20 heavy (non-hydrogen) atoms. The summed E-state index contributed by atoms with van der Waals surface area (Å²) in [6, 6.07) is 8.55. The van der Waals surface area contributed by atoms with Gasteiger partial charge in [0.05, 0.1) is 6.61 Å². The number of hydrogen-bond donors (Lipinski definition) is 2. The standard InChI is InChI=1S/C16H26N2O2/c1-20-10-8-17-11-15-6-2-3-7-16(15)18-9-4-5-14(12-18)13-19/h2-3,6-7,14,17,19H,4-5,8-13H2,1H3. The van der Waals surface area contributed by atoms with Crippen LogP contribution in [0.2, 0.25) is 0 Å². The molecule has 1 aromatic rings. The topological polar surface area (TPSA) is 44.7 Å². The number of piperidine rings is 1. The van der Waals surface area contributed by atoms with Crippen LogP contribution in [0.1, 0.15) is 18.4 Å². The molecule has 0 amide bonds. The van der Waals surface area contributed by atoms with Crippen LogP contribution in [0.15, 0.2) is 24.3 Å². The third-order valence-corrected chi connectivity index (χ3v) is 3.91. The molecule has 112 valence electrons. The smallest absolute Gasteiger partial charge is 0.0587 e. The average Bonchev–Trinajstić information content (AvgIpc) is 2.52. The number of aliphatic hydroxyl groups excluding tert-OH is 1. The van der Waals surface area contributed by atoms with E-state index in [1.54, 1.807) is 7.11 Å². The van der Waals surface area contributed by atoms with Gasteiger partial charge in [-0.25, -0.2) is 0 Å². The highest BCUT2D eigenvalue weighted by Gasteiger charge is 2.20. The summed E-state index contributed by atoms with van der Waals surface area (Å²) in [6.45, 7) is 4.81. The number of nitrogens with zero attached hydrogens (tertiary/aromatic N) is 1. The minimum atomic E-state index is 0.296. The maximum Gasteiger partial charge on any atom is 0.0587 e. The van der Waals surface area contributed by atoms with Crippen molar-refractivity contribution in [2.24, 2.45) is 5.92 Å². The van der Waals surface area contributed by atoms with Crippen molar-refractivity contribution in [1.82, 2.24) is 5.32 Å². The molecular weight excluding hydrogens is 252 g/mol. The Labute approximate surface area is 121 Å². The van der Waals surface area contributed by atoms with Gasteiger partial charge in [0, 0.05) is 45.6 Å². The van der Waals surface area contributed by atoms with E-state index in [0.717, 1.165) is 45.6 Å². The first-order valence-electron chi connectivity index (χ1n) is 7.48. The van der Waals surface area contributed by atoms with Crippen molar-refractivity contribution in [3.63, 3.8) is 0 Å². The Morgan fingerprint density at radius 1 is 1.40 bits per heavy atom. The summed E-state index contributed by atoms with van der Waals surface area (Å²) < 4.78 is 5.05. The van der Waals surface area contributed by atoms with Crippen molar-refractivity contribution in [2.45, 2.75) is 19.4 Å².